The van der Waals surface area contributed by atoms with Crippen LogP contribution in [-0.4, -0.2) is 39.3 Å². The Kier molecular flexibility index (Phi) is 7.34. The first kappa shape index (κ1) is 21.4. The molecule has 29 heavy (non-hydrogen) atoms. The molecule has 0 bridgehead atoms. The van der Waals surface area contributed by atoms with Crippen molar-refractivity contribution in [1.82, 2.24) is 19.4 Å². The van der Waals surface area contributed by atoms with Crippen LogP contribution < -0.4 is 5.32 Å². The maximum atomic E-state index is 9.37. The predicted octanol–water partition coefficient (Wildman–Crippen LogP) is 4.54. The van der Waals surface area contributed by atoms with Crippen LogP contribution >= 0.6 is 11.9 Å². The lowest BCUT2D eigenvalue weighted by atomic mass is 9.96. The van der Waals surface area contributed by atoms with E-state index in [0.717, 1.165) is 48.5 Å². The molecule has 0 saturated carbocycles. The lowest BCUT2D eigenvalue weighted by molar-refractivity contribution is 0.321. The van der Waals surface area contributed by atoms with Crippen molar-refractivity contribution < 1.29 is 0 Å². The van der Waals surface area contributed by atoms with Crippen LogP contribution in [0.3, 0.4) is 0 Å². The number of hydrogen-bond acceptors (Lipinski definition) is 5. The SMILES string of the molecule is CC/C(C)=C/N=C1\NC=C\C1=C(\C)c1cnn(C(CC#N)C2CCN(SC)C2)c1. The third kappa shape index (κ3) is 5.01. The molecule has 1 saturated heterocycles. The second-order valence-electron chi connectivity index (χ2n) is 7.58. The van der Waals surface area contributed by atoms with E-state index in [4.69, 9.17) is 0 Å². The number of nitrogens with zero attached hydrogens (tertiary/aromatic N) is 5. The topological polar surface area (TPSA) is 69.2 Å². The number of rotatable bonds is 7. The smallest absolute Gasteiger partial charge is 0.137 e. The largest absolute Gasteiger partial charge is 0.346 e. The van der Waals surface area contributed by atoms with E-state index in [1.54, 1.807) is 11.9 Å². The average Bonchev–Trinajstić information content (AvgIpc) is 3.49. The Morgan fingerprint density at radius 3 is 3.03 bits per heavy atom. The zero-order chi connectivity index (χ0) is 20.8. The number of nitriles is 1. The fraction of sp³-hybridized carbons (Fsp3) is 0.500. The van der Waals surface area contributed by atoms with E-state index in [2.05, 4.69) is 65.1 Å². The summed E-state index contributed by atoms with van der Waals surface area (Å²) in [5.41, 5.74) is 4.52. The highest BCUT2D eigenvalue weighted by Crippen LogP contribution is 2.33. The summed E-state index contributed by atoms with van der Waals surface area (Å²) in [5.74, 6) is 1.32. The first-order valence-corrected chi connectivity index (χ1v) is 11.3. The van der Waals surface area contributed by atoms with Gasteiger partial charge in [0.05, 0.1) is 24.7 Å². The van der Waals surface area contributed by atoms with Gasteiger partial charge in [-0.05, 0) is 50.5 Å². The summed E-state index contributed by atoms with van der Waals surface area (Å²) in [6.07, 6.45) is 14.6. The van der Waals surface area contributed by atoms with Crippen LogP contribution in [0.1, 0.15) is 51.6 Å². The molecule has 1 aromatic heterocycles. The van der Waals surface area contributed by atoms with Gasteiger partial charge in [-0.25, -0.2) is 4.99 Å². The minimum Gasteiger partial charge on any atom is -0.346 e. The summed E-state index contributed by atoms with van der Waals surface area (Å²) >= 11 is 1.78. The van der Waals surface area contributed by atoms with Crippen molar-refractivity contribution in [3.05, 3.63) is 47.6 Å². The monoisotopic (exact) mass is 410 g/mol. The van der Waals surface area contributed by atoms with Crippen molar-refractivity contribution in [3.8, 4) is 6.07 Å². The third-order valence-corrected chi connectivity index (χ3v) is 6.61. The summed E-state index contributed by atoms with van der Waals surface area (Å²) < 4.78 is 4.37. The molecule has 0 spiro atoms. The maximum absolute atomic E-state index is 9.37. The zero-order valence-corrected chi connectivity index (χ0v) is 18.5. The molecule has 0 aromatic carbocycles. The van der Waals surface area contributed by atoms with E-state index in [-0.39, 0.29) is 6.04 Å². The highest BCUT2D eigenvalue weighted by molar-refractivity contribution is 7.96. The molecule has 3 heterocycles. The maximum Gasteiger partial charge on any atom is 0.137 e. The molecule has 1 aromatic rings. The van der Waals surface area contributed by atoms with Gasteiger partial charge in [-0.15, -0.1) is 0 Å². The quantitative estimate of drug-likeness (QED) is 0.668. The molecule has 3 rings (SSSR count). The first-order valence-electron chi connectivity index (χ1n) is 10.2. The fourth-order valence-electron chi connectivity index (χ4n) is 3.71. The molecule has 0 radical (unpaired) electrons. The van der Waals surface area contributed by atoms with Gasteiger partial charge >= 0.3 is 0 Å². The second kappa shape index (κ2) is 9.95. The summed E-state index contributed by atoms with van der Waals surface area (Å²) in [6.45, 7) is 8.40. The van der Waals surface area contributed by atoms with Gasteiger partial charge in [-0.3, -0.25) is 8.99 Å². The molecule has 7 heteroatoms. The first-order chi connectivity index (χ1) is 14.1. The van der Waals surface area contributed by atoms with Gasteiger partial charge in [0.1, 0.15) is 5.84 Å². The van der Waals surface area contributed by atoms with Gasteiger partial charge in [0.15, 0.2) is 0 Å². The molecule has 2 aliphatic heterocycles. The molecule has 6 nitrogen and oxygen atoms in total. The number of hydrogen-bond donors (Lipinski definition) is 1. The third-order valence-electron chi connectivity index (χ3n) is 5.77. The van der Waals surface area contributed by atoms with Crippen LogP contribution in [0.15, 0.2) is 47.0 Å². The molecule has 1 N–H and O–H groups in total. The molecule has 2 aliphatic rings. The summed E-state index contributed by atoms with van der Waals surface area (Å²) in [6, 6.07) is 2.48. The second-order valence-corrected chi connectivity index (χ2v) is 8.46. The van der Waals surface area contributed by atoms with Crippen LogP contribution in [0.5, 0.6) is 0 Å². The van der Waals surface area contributed by atoms with E-state index in [0.29, 0.717) is 12.3 Å². The van der Waals surface area contributed by atoms with Crippen LogP contribution in [0.4, 0.5) is 0 Å². The molecule has 2 unspecified atom stereocenters. The van der Waals surface area contributed by atoms with Gasteiger partial charge in [-0.1, -0.05) is 24.4 Å². The Morgan fingerprint density at radius 2 is 2.34 bits per heavy atom. The fourth-order valence-corrected chi connectivity index (χ4v) is 4.34. The Hall–Kier alpha value is -2.30. The van der Waals surface area contributed by atoms with Crippen molar-refractivity contribution >= 4 is 23.4 Å². The van der Waals surface area contributed by atoms with E-state index >= 15 is 0 Å². The Morgan fingerprint density at radius 1 is 1.52 bits per heavy atom. The molecular weight excluding hydrogens is 380 g/mol. The molecule has 0 aliphatic carbocycles. The lowest BCUT2D eigenvalue weighted by Crippen LogP contribution is -2.22. The van der Waals surface area contributed by atoms with Crippen molar-refractivity contribution in [3.63, 3.8) is 0 Å². The van der Waals surface area contributed by atoms with Gasteiger partial charge in [0, 0.05) is 42.8 Å². The van der Waals surface area contributed by atoms with Gasteiger partial charge in [-0.2, -0.15) is 10.4 Å². The van der Waals surface area contributed by atoms with Crippen LogP contribution in [0.25, 0.3) is 5.57 Å². The molecular formula is C22H30N6S. The van der Waals surface area contributed by atoms with Crippen molar-refractivity contribution in [2.24, 2.45) is 10.9 Å². The normalized spacial score (nSPS) is 24.0. The summed E-state index contributed by atoms with van der Waals surface area (Å²) in [7, 11) is 0. The zero-order valence-electron chi connectivity index (χ0n) is 17.7. The van der Waals surface area contributed by atoms with Gasteiger partial charge < -0.3 is 5.32 Å². The number of allylic oxidation sites excluding steroid dienone is 2. The highest BCUT2D eigenvalue weighted by atomic mass is 32.2. The number of amidine groups is 1. The average molecular weight is 411 g/mol. The highest BCUT2D eigenvalue weighted by Gasteiger charge is 2.31. The predicted molar refractivity (Wildman–Crippen MR) is 121 cm³/mol. The van der Waals surface area contributed by atoms with Crippen molar-refractivity contribution in [1.29, 1.82) is 5.26 Å². The standard InChI is InChI=1S/C22H30N6S/c1-5-16(2)12-25-22-20(7-10-24-22)17(3)19-13-26-28(15-19)21(6-9-23)18-8-11-27(14-18)29-4/h7,10,12-13,15,18,21H,5-6,8,11,14H2,1-4H3,(H,24,25)/b16-12+,20-17+. The van der Waals surface area contributed by atoms with Gasteiger partial charge in [0.2, 0.25) is 0 Å². The molecule has 0 amide bonds. The van der Waals surface area contributed by atoms with E-state index in [1.807, 2.05) is 23.3 Å². The van der Waals surface area contributed by atoms with Crippen LogP contribution in [0, 0.1) is 17.2 Å². The van der Waals surface area contributed by atoms with Gasteiger partial charge in [0.25, 0.3) is 0 Å². The number of nitrogens with one attached hydrogen (secondary N) is 1. The van der Waals surface area contributed by atoms with Crippen molar-refractivity contribution in [2.75, 3.05) is 19.3 Å². The molecule has 1 fully saturated rings. The number of aliphatic imine (C=N–C) groups is 1. The molecule has 2 atom stereocenters. The minimum atomic E-state index is 0.115. The van der Waals surface area contributed by atoms with E-state index < -0.39 is 0 Å². The van der Waals surface area contributed by atoms with Crippen molar-refractivity contribution in [2.45, 2.75) is 46.1 Å². The van der Waals surface area contributed by atoms with Crippen LogP contribution in [0.2, 0.25) is 0 Å². The van der Waals surface area contributed by atoms with Crippen LogP contribution in [-0.2, 0) is 0 Å². The minimum absolute atomic E-state index is 0.115. The molecule has 154 valence electrons. The summed E-state index contributed by atoms with van der Waals surface area (Å²) in [4.78, 5) is 4.62. The Balaban J connectivity index is 1.85. The van der Waals surface area contributed by atoms with E-state index in [1.165, 1.54) is 5.57 Å². The summed E-state index contributed by atoms with van der Waals surface area (Å²) in [5, 5.41) is 17.2. The van der Waals surface area contributed by atoms with E-state index in [9.17, 15) is 5.26 Å². The Labute approximate surface area is 178 Å². The number of aromatic nitrogens is 2. The lowest BCUT2D eigenvalue weighted by Gasteiger charge is -2.21. The Bertz CT molecular complexity index is 885.